The van der Waals surface area contributed by atoms with Gasteiger partial charge in [0.05, 0.1) is 0 Å². The van der Waals surface area contributed by atoms with E-state index in [0.29, 0.717) is 0 Å². The van der Waals surface area contributed by atoms with Crippen molar-refractivity contribution in [3.8, 4) is 0 Å². The van der Waals surface area contributed by atoms with Gasteiger partial charge in [-0.15, -0.1) is 0 Å². The summed E-state index contributed by atoms with van der Waals surface area (Å²) in [5, 5.41) is 0. The molecule has 0 aliphatic carbocycles. The molecule has 2 heteroatoms. The minimum absolute atomic E-state index is 0.153. The summed E-state index contributed by atoms with van der Waals surface area (Å²) in [6.45, 7) is 11.1. The minimum Gasteiger partial charge on any atom is -0.324 e. The molecule has 0 heterocycles. The molecular formula is C17H30N2. The van der Waals surface area contributed by atoms with Crippen LogP contribution in [0.2, 0.25) is 0 Å². The van der Waals surface area contributed by atoms with Crippen LogP contribution < -0.4 is 5.73 Å². The van der Waals surface area contributed by atoms with Crippen LogP contribution in [0.5, 0.6) is 0 Å². The van der Waals surface area contributed by atoms with Gasteiger partial charge in [-0.25, -0.2) is 0 Å². The Kier molecular flexibility index (Phi) is 6.53. The van der Waals surface area contributed by atoms with Crippen LogP contribution in [0, 0.1) is 19.8 Å². The van der Waals surface area contributed by atoms with E-state index in [1.54, 1.807) is 0 Å². The second-order valence-corrected chi connectivity index (χ2v) is 6.30. The Bertz CT molecular complexity index is 365. The smallest absolute Gasteiger partial charge is 0.0307 e. The summed E-state index contributed by atoms with van der Waals surface area (Å²) < 4.78 is 0. The zero-order valence-corrected chi connectivity index (χ0v) is 13.2. The third-order valence-corrected chi connectivity index (χ3v) is 3.58. The van der Waals surface area contributed by atoms with E-state index < -0.39 is 0 Å². The lowest BCUT2D eigenvalue weighted by atomic mass is 9.99. The van der Waals surface area contributed by atoms with E-state index in [-0.39, 0.29) is 6.04 Å². The summed E-state index contributed by atoms with van der Waals surface area (Å²) in [6, 6.07) is 6.78. The van der Waals surface area contributed by atoms with E-state index in [9.17, 15) is 0 Å². The largest absolute Gasteiger partial charge is 0.324 e. The van der Waals surface area contributed by atoms with Crippen molar-refractivity contribution >= 4 is 0 Å². The van der Waals surface area contributed by atoms with Gasteiger partial charge in [-0.3, -0.25) is 0 Å². The molecule has 19 heavy (non-hydrogen) atoms. The molecule has 1 aromatic rings. The molecule has 1 atom stereocenters. The maximum Gasteiger partial charge on any atom is 0.0307 e. The van der Waals surface area contributed by atoms with Gasteiger partial charge in [-0.1, -0.05) is 43.2 Å². The molecule has 0 saturated heterocycles. The monoisotopic (exact) mass is 262 g/mol. The van der Waals surface area contributed by atoms with Crippen LogP contribution >= 0.6 is 0 Å². The zero-order valence-electron chi connectivity index (χ0n) is 13.2. The number of rotatable bonds is 7. The van der Waals surface area contributed by atoms with Crippen LogP contribution in [0.15, 0.2) is 18.2 Å². The SMILES string of the molecule is Cc1cc(C)cc(C(N)CCN(C)CCC(C)C)c1. The van der Waals surface area contributed by atoms with Crippen molar-refractivity contribution in [1.29, 1.82) is 0 Å². The van der Waals surface area contributed by atoms with Gasteiger partial charge < -0.3 is 10.6 Å². The van der Waals surface area contributed by atoms with Crippen LogP contribution in [0.25, 0.3) is 0 Å². The van der Waals surface area contributed by atoms with E-state index in [2.05, 4.69) is 57.8 Å². The Labute approximate surface area is 119 Å². The minimum atomic E-state index is 0.153. The molecule has 0 aliphatic rings. The molecule has 0 spiro atoms. The molecule has 108 valence electrons. The van der Waals surface area contributed by atoms with Crippen LogP contribution in [-0.4, -0.2) is 25.0 Å². The number of aryl methyl sites for hydroxylation is 2. The Morgan fingerprint density at radius 1 is 1.00 bits per heavy atom. The summed E-state index contributed by atoms with van der Waals surface area (Å²) in [6.07, 6.45) is 2.28. The second-order valence-electron chi connectivity index (χ2n) is 6.30. The molecule has 0 aromatic heterocycles. The van der Waals surface area contributed by atoms with Crippen molar-refractivity contribution in [2.45, 2.75) is 46.6 Å². The Morgan fingerprint density at radius 2 is 1.53 bits per heavy atom. The highest BCUT2D eigenvalue weighted by atomic mass is 15.1. The van der Waals surface area contributed by atoms with Crippen molar-refractivity contribution in [2.24, 2.45) is 11.7 Å². The van der Waals surface area contributed by atoms with Crippen molar-refractivity contribution in [2.75, 3.05) is 20.1 Å². The highest BCUT2D eigenvalue weighted by molar-refractivity contribution is 5.30. The fourth-order valence-corrected chi connectivity index (χ4v) is 2.34. The maximum absolute atomic E-state index is 6.31. The molecule has 0 bridgehead atoms. The van der Waals surface area contributed by atoms with Crippen molar-refractivity contribution in [3.05, 3.63) is 34.9 Å². The third kappa shape index (κ3) is 6.22. The van der Waals surface area contributed by atoms with Crippen LogP contribution in [0.3, 0.4) is 0 Å². The van der Waals surface area contributed by atoms with Gasteiger partial charge >= 0.3 is 0 Å². The van der Waals surface area contributed by atoms with Crippen LogP contribution in [0.4, 0.5) is 0 Å². The molecule has 1 aromatic carbocycles. The number of nitrogens with zero attached hydrogens (tertiary/aromatic N) is 1. The summed E-state index contributed by atoms with van der Waals surface area (Å²) in [5.41, 5.74) is 10.2. The predicted octanol–water partition coefficient (Wildman–Crippen LogP) is 3.67. The molecule has 2 N–H and O–H groups in total. The van der Waals surface area contributed by atoms with E-state index >= 15 is 0 Å². The first-order valence-corrected chi connectivity index (χ1v) is 7.40. The Hall–Kier alpha value is -0.860. The van der Waals surface area contributed by atoms with E-state index in [4.69, 9.17) is 5.73 Å². The number of hydrogen-bond donors (Lipinski definition) is 1. The first kappa shape index (κ1) is 16.2. The quantitative estimate of drug-likeness (QED) is 0.812. The van der Waals surface area contributed by atoms with Crippen molar-refractivity contribution in [3.63, 3.8) is 0 Å². The highest BCUT2D eigenvalue weighted by Crippen LogP contribution is 2.18. The molecular weight excluding hydrogens is 232 g/mol. The standard InChI is InChI=1S/C17H30N2/c1-13(2)6-8-19(5)9-7-17(18)16-11-14(3)10-15(4)12-16/h10-13,17H,6-9,18H2,1-5H3. The first-order chi connectivity index (χ1) is 8.88. The Morgan fingerprint density at radius 3 is 2.05 bits per heavy atom. The maximum atomic E-state index is 6.31. The van der Waals surface area contributed by atoms with E-state index in [1.807, 2.05) is 0 Å². The lowest BCUT2D eigenvalue weighted by Gasteiger charge is -2.21. The van der Waals surface area contributed by atoms with Gasteiger partial charge in [0.1, 0.15) is 0 Å². The van der Waals surface area contributed by atoms with Gasteiger partial charge in [0.15, 0.2) is 0 Å². The third-order valence-electron chi connectivity index (χ3n) is 3.58. The van der Waals surface area contributed by atoms with Gasteiger partial charge in [-0.05, 0) is 58.3 Å². The molecule has 0 fully saturated rings. The Balaban J connectivity index is 2.44. The molecule has 1 unspecified atom stereocenters. The van der Waals surface area contributed by atoms with Crippen LogP contribution in [-0.2, 0) is 0 Å². The fraction of sp³-hybridized carbons (Fsp3) is 0.647. The highest BCUT2D eigenvalue weighted by Gasteiger charge is 2.09. The fourth-order valence-electron chi connectivity index (χ4n) is 2.34. The van der Waals surface area contributed by atoms with Crippen molar-refractivity contribution in [1.82, 2.24) is 4.90 Å². The second kappa shape index (κ2) is 7.66. The van der Waals surface area contributed by atoms with Gasteiger partial charge in [-0.2, -0.15) is 0 Å². The topological polar surface area (TPSA) is 29.3 Å². The molecule has 0 aliphatic heterocycles. The lowest BCUT2D eigenvalue weighted by molar-refractivity contribution is 0.298. The number of benzene rings is 1. The summed E-state index contributed by atoms with van der Waals surface area (Å²) in [7, 11) is 2.19. The summed E-state index contributed by atoms with van der Waals surface area (Å²) >= 11 is 0. The summed E-state index contributed by atoms with van der Waals surface area (Å²) in [5.74, 6) is 0.774. The van der Waals surface area contributed by atoms with Crippen molar-refractivity contribution < 1.29 is 0 Å². The predicted molar refractivity (Wildman–Crippen MR) is 84.4 cm³/mol. The molecule has 0 saturated carbocycles. The zero-order chi connectivity index (χ0) is 14.4. The number of nitrogens with two attached hydrogens (primary N) is 1. The molecule has 1 rings (SSSR count). The van der Waals surface area contributed by atoms with Gasteiger partial charge in [0.25, 0.3) is 0 Å². The molecule has 2 nitrogen and oxygen atoms in total. The summed E-state index contributed by atoms with van der Waals surface area (Å²) in [4.78, 5) is 2.39. The normalized spacial score (nSPS) is 13.3. The molecule has 0 amide bonds. The van der Waals surface area contributed by atoms with E-state index in [1.165, 1.54) is 23.1 Å². The molecule has 0 radical (unpaired) electrons. The average Bonchev–Trinajstić information content (AvgIpc) is 2.32. The van der Waals surface area contributed by atoms with Gasteiger partial charge in [0.2, 0.25) is 0 Å². The van der Waals surface area contributed by atoms with E-state index in [0.717, 1.165) is 25.4 Å². The average molecular weight is 262 g/mol. The van der Waals surface area contributed by atoms with Crippen LogP contribution in [0.1, 0.15) is 49.4 Å². The van der Waals surface area contributed by atoms with Gasteiger partial charge in [0, 0.05) is 6.04 Å². The number of hydrogen-bond acceptors (Lipinski definition) is 2. The first-order valence-electron chi connectivity index (χ1n) is 7.40. The lowest BCUT2D eigenvalue weighted by Crippen LogP contribution is -2.25.